The van der Waals surface area contributed by atoms with E-state index in [0.717, 1.165) is 23.5 Å². The average molecular weight is 266 g/mol. The number of hydrogen-bond acceptors (Lipinski definition) is 2. The van der Waals surface area contributed by atoms with Crippen molar-refractivity contribution in [3.8, 4) is 0 Å². The molecule has 4 atom stereocenters. The predicted octanol–water partition coefficient (Wildman–Crippen LogP) is 4.74. The summed E-state index contributed by atoms with van der Waals surface area (Å²) < 4.78 is 5.49. The molecule has 1 rings (SSSR count). The van der Waals surface area contributed by atoms with Crippen LogP contribution in [0.5, 0.6) is 0 Å². The normalized spacial score (nSPS) is 24.3. The Labute approximate surface area is 118 Å². The van der Waals surface area contributed by atoms with Gasteiger partial charge < -0.3 is 4.74 Å². The van der Waals surface area contributed by atoms with E-state index in [-0.39, 0.29) is 12.1 Å². The molecule has 0 aromatic heterocycles. The molecule has 0 aromatic rings. The largest absolute Gasteiger partial charge is 0.454 e. The highest BCUT2D eigenvalue weighted by molar-refractivity contribution is 5.91. The topological polar surface area (TPSA) is 26.3 Å². The van der Waals surface area contributed by atoms with Crippen LogP contribution in [0.1, 0.15) is 67.2 Å². The smallest absolute Gasteiger partial charge is 0.334 e. The molecule has 0 bridgehead atoms. The van der Waals surface area contributed by atoms with E-state index in [1.807, 2.05) is 13.8 Å². The molecule has 1 heterocycles. The maximum absolute atomic E-state index is 11.6. The van der Waals surface area contributed by atoms with Crippen molar-refractivity contribution in [1.82, 2.24) is 0 Å². The van der Waals surface area contributed by atoms with Crippen molar-refractivity contribution in [2.45, 2.75) is 73.3 Å². The fourth-order valence-corrected chi connectivity index (χ4v) is 3.36. The minimum atomic E-state index is -0.124. The van der Waals surface area contributed by atoms with Crippen LogP contribution in [-0.4, -0.2) is 12.1 Å². The van der Waals surface area contributed by atoms with E-state index in [2.05, 4.69) is 27.7 Å². The zero-order chi connectivity index (χ0) is 14.6. The SMILES string of the molecule is CCC[C@@H](C)C[C@@H](C)C[C@@H](C)[C@H]1OC(=O)C(C)=C1C. The van der Waals surface area contributed by atoms with Crippen LogP contribution in [0.3, 0.4) is 0 Å². The van der Waals surface area contributed by atoms with E-state index in [0.29, 0.717) is 11.8 Å². The fourth-order valence-electron chi connectivity index (χ4n) is 3.36. The van der Waals surface area contributed by atoms with Crippen LogP contribution >= 0.6 is 0 Å². The van der Waals surface area contributed by atoms with Gasteiger partial charge in [-0.1, -0.05) is 40.5 Å². The van der Waals surface area contributed by atoms with Gasteiger partial charge in [-0.3, -0.25) is 0 Å². The lowest BCUT2D eigenvalue weighted by atomic mass is 9.84. The third-order valence-corrected chi connectivity index (χ3v) is 4.44. The molecule has 1 aliphatic rings. The van der Waals surface area contributed by atoms with Gasteiger partial charge in [-0.2, -0.15) is 0 Å². The fraction of sp³-hybridized carbons (Fsp3) is 0.824. The molecule has 0 fully saturated rings. The van der Waals surface area contributed by atoms with Crippen molar-refractivity contribution in [2.24, 2.45) is 17.8 Å². The summed E-state index contributed by atoms with van der Waals surface area (Å²) in [6.45, 7) is 13.0. The van der Waals surface area contributed by atoms with E-state index in [1.165, 1.54) is 19.3 Å². The van der Waals surface area contributed by atoms with Crippen LogP contribution in [0.2, 0.25) is 0 Å². The number of cyclic esters (lactones) is 1. The molecule has 2 nitrogen and oxygen atoms in total. The molecule has 0 aliphatic carbocycles. The first-order chi connectivity index (χ1) is 8.86. The maximum atomic E-state index is 11.6. The molecule has 1 aliphatic heterocycles. The van der Waals surface area contributed by atoms with Crippen molar-refractivity contribution in [3.05, 3.63) is 11.1 Å². The molecule has 2 heteroatoms. The molecular formula is C17H30O2. The van der Waals surface area contributed by atoms with Crippen LogP contribution in [0, 0.1) is 17.8 Å². The second-order valence-electron chi connectivity index (χ2n) is 6.58. The first-order valence-electron chi connectivity index (χ1n) is 7.75. The molecule has 19 heavy (non-hydrogen) atoms. The third kappa shape index (κ3) is 4.36. The number of carbonyl (C=O) groups is 1. The highest BCUT2D eigenvalue weighted by Crippen LogP contribution is 2.32. The molecule has 0 amide bonds. The Kier molecular flexibility index (Phi) is 6.09. The van der Waals surface area contributed by atoms with Gasteiger partial charge in [-0.05, 0) is 50.0 Å². The number of carbonyl (C=O) groups excluding carboxylic acids is 1. The number of esters is 1. The van der Waals surface area contributed by atoms with Gasteiger partial charge in [0.25, 0.3) is 0 Å². The quantitative estimate of drug-likeness (QED) is 0.622. The van der Waals surface area contributed by atoms with Crippen molar-refractivity contribution in [1.29, 1.82) is 0 Å². The Morgan fingerprint density at radius 3 is 2.21 bits per heavy atom. The summed E-state index contributed by atoms with van der Waals surface area (Å²) >= 11 is 0. The molecule has 0 spiro atoms. The lowest BCUT2D eigenvalue weighted by Crippen LogP contribution is -2.22. The second kappa shape index (κ2) is 7.12. The predicted molar refractivity (Wildman–Crippen MR) is 79.9 cm³/mol. The summed E-state index contributed by atoms with van der Waals surface area (Å²) in [5.74, 6) is 1.80. The summed E-state index contributed by atoms with van der Waals surface area (Å²) in [7, 11) is 0. The molecule has 0 saturated carbocycles. The monoisotopic (exact) mass is 266 g/mol. The van der Waals surface area contributed by atoms with Crippen molar-refractivity contribution in [3.63, 3.8) is 0 Å². The van der Waals surface area contributed by atoms with Crippen LogP contribution in [-0.2, 0) is 9.53 Å². The van der Waals surface area contributed by atoms with Crippen LogP contribution in [0.4, 0.5) is 0 Å². The second-order valence-corrected chi connectivity index (χ2v) is 6.58. The standard InChI is InChI=1S/C17H30O2/c1-7-8-11(2)9-12(3)10-13(4)16-14(5)15(6)17(18)19-16/h11-13,16H,7-10H2,1-6H3/t11-,12-,13-,16-/m1/s1. The van der Waals surface area contributed by atoms with Crippen molar-refractivity contribution < 1.29 is 9.53 Å². The summed E-state index contributed by atoms with van der Waals surface area (Å²) in [4.78, 5) is 11.6. The molecule has 110 valence electrons. The molecule has 0 unspecified atom stereocenters. The first kappa shape index (κ1) is 16.3. The Balaban J connectivity index is 2.47. The van der Waals surface area contributed by atoms with Gasteiger partial charge in [-0.15, -0.1) is 0 Å². The average Bonchev–Trinajstić information content (AvgIpc) is 2.57. The third-order valence-electron chi connectivity index (χ3n) is 4.44. The lowest BCUT2D eigenvalue weighted by Gasteiger charge is -2.24. The van der Waals surface area contributed by atoms with Crippen molar-refractivity contribution in [2.75, 3.05) is 0 Å². The Hall–Kier alpha value is -0.790. The molecule has 0 saturated heterocycles. The van der Waals surface area contributed by atoms with Crippen LogP contribution < -0.4 is 0 Å². The van der Waals surface area contributed by atoms with Crippen LogP contribution in [0.25, 0.3) is 0 Å². The minimum Gasteiger partial charge on any atom is -0.454 e. The Morgan fingerprint density at radius 1 is 1.11 bits per heavy atom. The molecule has 0 N–H and O–H groups in total. The van der Waals surface area contributed by atoms with E-state index >= 15 is 0 Å². The Morgan fingerprint density at radius 2 is 1.74 bits per heavy atom. The lowest BCUT2D eigenvalue weighted by molar-refractivity contribution is -0.141. The van der Waals surface area contributed by atoms with Gasteiger partial charge in [0.1, 0.15) is 6.10 Å². The zero-order valence-electron chi connectivity index (χ0n) is 13.5. The molecule has 0 radical (unpaired) electrons. The first-order valence-corrected chi connectivity index (χ1v) is 7.75. The van der Waals surface area contributed by atoms with Gasteiger partial charge in [0.05, 0.1) is 0 Å². The summed E-state index contributed by atoms with van der Waals surface area (Å²) in [6.07, 6.45) is 5.01. The molecular weight excluding hydrogens is 236 g/mol. The molecule has 0 aromatic carbocycles. The number of rotatable bonds is 7. The minimum absolute atomic E-state index is 0.0106. The highest BCUT2D eigenvalue weighted by atomic mass is 16.5. The van der Waals surface area contributed by atoms with Gasteiger partial charge in [0, 0.05) is 5.57 Å². The summed E-state index contributed by atoms with van der Waals surface area (Å²) in [5, 5.41) is 0. The maximum Gasteiger partial charge on any atom is 0.334 e. The van der Waals surface area contributed by atoms with E-state index < -0.39 is 0 Å². The number of ether oxygens (including phenoxy) is 1. The van der Waals surface area contributed by atoms with Crippen molar-refractivity contribution >= 4 is 5.97 Å². The summed E-state index contributed by atoms with van der Waals surface area (Å²) in [6, 6.07) is 0. The van der Waals surface area contributed by atoms with Gasteiger partial charge in [0.2, 0.25) is 0 Å². The van der Waals surface area contributed by atoms with E-state index in [1.54, 1.807) is 0 Å². The van der Waals surface area contributed by atoms with E-state index in [9.17, 15) is 4.79 Å². The van der Waals surface area contributed by atoms with Gasteiger partial charge >= 0.3 is 5.97 Å². The Bertz CT molecular complexity index is 343. The number of hydrogen-bond donors (Lipinski definition) is 0. The van der Waals surface area contributed by atoms with Gasteiger partial charge in [0.15, 0.2) is 0 Å². The zero-order valence-corrected chi connectivity index (χ0v) is 13.5. The van der Waals surface area contributed by atoms with Crippen LogP contribution in [0.15, 0.2) is 11.1 Å². The highest BCUT2D eigenvalue weighted by Gasteiger charge is 2.33. The van der Waals surface area contributed by atoms with Gasteiger partial charge in [-0.25, -0.2) is 4.79 Å². The summed E-state index contributed by atoms with van der Waals surface area (Å²) in [5.41, 5.74) is 1.94. The van der Waals surface area contributed by atoms with E-state index in [4.69, 9.17) is 4.74 Å².